The first kappa shape index (κ1) is 20.2. The molecule has 3 aromatic heterocycles. The van der Waals surface area contributed by atoms with Crippen LogP contribution in [-0.2, 0) is 6.42 Å². The van der Waals surface area contributed by atoms with Crippen molar-refractivity contribution >= 4 is 54.5 Å². The maximum atomic E-state index is 4.93. The molecule has 0 unspecified atom stereocenters. The van der Waals surface area contributed by atoms with Crippen molar-refractivity contribution in [1.82, 2.24) is 24.9 Å². The van der Waals surface area contributed by atoms with Crippen molar-refractivity contribution in [2.75, 3.05) is 0 Å². The fourth-order valence-electron chi connectivity index (χ4n) is 5.20. The highest BCUT2D eigenvalue weighted by atomic mass is 14.9. The largest absolute Gasteiger partial charge is 0.342 e. The van der Waals surface area contributed by atoms with Crippen molar-refractivity contribution in [2.45, 2.75) is 33.1 Å². The van der Waals surface area contributed by atoms with Crippen molar-refractivity contribution in [1.29, 1.82) is 0 Å². The van der Waals surface area contributed by atoms with Gasteiger partial charge in [0.2, 0.25) is 0 Å². The van der Waals surface area contributed by atoms with Crippen LogP contribution in [0.25, 0.3) is 65.6 Å². The summed E-state index contributed by atoms with van der Waals surface area (Å²) >= 11 is 0. The molecule has 0 radical (unpaired) electrons. The fourth-order valence-corrected chi connectivity index (χ4v) is 5.20. The lowest BCUT2D eigenvalue weighted by Crippen LogP contribution is -1.88. The van der Waals surface area contributed by atoms with E-state index in [9.17, 15) is 0 Å². The average Bonchev–Trinajstić information content (AvgIpc) is 3.53. The molecule has 170 valence electrons. The maximum Gasteiger partial charge on any atom is 0.109 e. The zero-order valence-corrected chi connectivity index (χ0v) is 20.0. The van der Waals surface area contributed by atoms with Gasteiger partial charge in [0.05, 0.1) is 27.6 Å². The van der Waals surface area contributed by atoms with Crippen LogP contribution in [0.5, 0.6) is 0 Å². The normalized spacial score (nSPS) is 12.2. The molecule has 0 aliphatic heterocycles. The number of nitrogens with zero attached hydrogens (tertiary/aromatic N) is 3. The minimum absolute atomic E-state index is 0.329. The Hall–Kier alpha value is -4.25. The highest BCUT2D eigenvalue weighted by Gasteiger charge is 2.16. The van der Waals surface area contributed by atoms with Gasteiger partial charge in [0.1, 0.15) is 11.6 Å². The Labute approximate surface area is 202 Å². The van der Waals surface area contributed by atoms with E-state index in [2.05, 4.69) is 85.3 Å². The topological polar surface area (TPSA) is 70.2 Å². The van der Waals surface area contributed by atoms with Gasteiger partial charge >= 0.3 is 0 Å². The van der Waals surface area contributed by atoms with E-state index in [4.69, 9.17) is 15.0 Å². The van der Waals surface area contributed by atoms with Crippen LogP contribution >= 0.6 is 0 Å². The van der Waals surface area contributed by atoms with E-state index < -0.39 is 0 Å². The van der Waals surface area contributed by atoms with Gasteiger partial charge in [-0.05, 0) is 46.8 Å². The molecule has 2 N–H and O–H groups in total. The number of hydrogen-bond acceptors (Lipinski definition) is 3. The number of H-pyrrole nitrogens is 2. The molecule has 35 heavy (non-hydrogen) atoms. The second-order valence-electron chi connectivity index (χ2n) is 9.59. The van der Waals surface area contributed by atoms with Gasteiger partial charge in [0.25, 0.3) is 0 Å². The van der Waals surface area contributed by atoms with E-state index in [1.807, 2.05) is 12.3 Å². The molecule has 7 aromatic rings. The van der Waals surface area contributed by atoms with Gasteiger partial charge in [-0.2, -0.15) is 0 Å². The molecule has 0 fully saturated rings. The summed E-state index contributed by atoms with van der Waals surface area (Å²) in [5.74, 6) is 2.36. The lowest BCUT2D eigenvalue weighted by molar-refractivity contribution is 0.799. The van der Waals surface area contributed by atoms with E-state index >= 15 is 0 Å². The number of aromatic amines is 2. The minimum atomic E-state index is 0.329. The number of fused-ring (bicyclic) bond motifs is 9. The molecule has 7 rings (SSSR count). The maximum absolute atomic E-state index is 4.93. The smallest absolute Gasteiger partial charge is 0.109 e. The summed E-state index contributed by atoms with van der Waals surface area (Å²) in [4.78, 5) is 21.5. The summed E-state index contributed by atoms with van der Waals surface area (Å²) in [6.45, 7) is 6.45. The second-order valence-corrected chi connectivity index (χ2v) is 9.59. The fraction of sp³-hybridized carbons (Fsp3) is 0.167. The number of imidazole rings is 2. The number of hydrogen-bond donors (Lipinski definition) is 2. The van der Waals surface area contributed by atoms with Crippen molar-refractivity contribution in [3.8, 4) is 11.1 Å². The van der Waals surface area contributed by atoms with E-state index in [1.54, 1.807) is 0 Å². The molecule has 5 nitrogen and oxygen atoms in total. The van der Waals surface area contributed by atoms with Gasteiger partial charge in [0.15, 0.2) is 0 Å². The summed E-state index contributed by atoms with van der Waals surface area (Å²) < 4.78 is 0. The molecule has 4 aromatic carbocycles. The number of pyridine rings is 1. The third-order valence-electron chi connectivity index (χ3n) is 7.06. The van der Waals surface area contributed by atoms with Gasteiger partial charge < -0.3 is 9.97 Å². The van der Waals surface area contributed by atoms with Crippen LogP contribution in [0.4, 0.5) is 0 Å². The number of nitrogens with one attached hydrogen (secondary N) is 2. The lowest BCUT2D eigenvalue weighted by Gasteiger charge is -2.09. The number of aromatic nitrogens is 5. The van der Waals surface area contributed by atoms with Crippen LogP contribution in [0.3, 0.4) is 0 Å². The van der Waals surface area contributed by atoms with Crippen molar-refractivity contribution in [3.63, 3.8) is 0 Å². The summed E-state index contributed by atoms with van der Waals surface area (Å²) in [7, 11) is 0. The summed E-state index contributed by atoms with van der Waals surface area (Å²) in [5.41, 5.74) is 7.56. The molecular formula is C30H25N5. The molecule has 0 atom stereocenters. The zero-order valence-electron chi connectivity index (χ0n) is 20.0. The van der Waals surface area contributed by atoms with Gasteiger partial charge in [-0.1, -0.05) is 51.1 Å². The Morgan fingerprint density at radius 1 is 0.743 bits per heavy atom. The van der Waals surface area contributed by atoms with Crippen LogP contribution in [0, 0.1) is 0 Å². The molecule has 0 aliphatic rings. The monoisotopic (exact) mass is 455 g/mol. The molecular weight excluding hydrogens is 430 g/mol. The molecule has 3 heterocycles. The van der Waals surface area contributed by atoms with Crippen molar-refractivity contribution in [2.24, 2.45) is 0 Å². The van der Waals surface area contributed by atoms with E-state index in [0.717, 1.165) is 61.8 Å². The molecule has 0 spiro atoms. The van der Waals surface area contributed by atoms with Gasteiger partial charge in [-0.15, -0.1) is 0 Å². The first-order chi connectivity index (χ1) is 17.1. The third kappa shape index (κ3) is 2.98. The average molecular weight is 456 g/mol. The first-order valence-electron chi connectivity index (χ1n) is 12.2. The Balaban J connectivity index is 1.46. The summed E-state index contributed by atoms with van der Waals surface area (Å²) in [5, 5.41) is 5.75. The van der Waals surface area contributed by atoms with Crippen LogP contribution in [0.1, 0.15) is 38.3 Å². The molecule has 5 heteroatoms. The van der Waals surface area contributed by atoms with E-state index in [-0.39, 0.29) is 0 Å². The lowest BCUT2D eigenvalue weighted by atomic mass is 9.96. The SMILES string of the molecule is CCc1nc2c(ccc3cc(-c4ccc5c(c4)c4ncccc4c4nc(C(C)C)[nH]c54)ccc32)[nH]1. The number of rotatable bonds is 3. The summed E-state index contributed by atoms with van der Waals surface area (Å²) in [6.07, 6.45) is 2.77. The van der Waals surface area contributed by atoms with Crippen LogP contribution in [0.2, 0.25) is 0 Å². The van der Waals surface area contributed by atoms with E-state index in [0.29, 0.717) is 5.92 Å². The Morgan fingerprint density at radius 3 is 2.40 bits per heavy atom. The first-order valence-corrected chi connectivity index (χ1v) is 12.2. The highest BCUT2D eigenvalue weighted by Crippen LogP contribution is 2.37. The molecule has 0 saturated carbocycles. The van der Waals surface area contributed by atoms with Crippen LogP contribution < -0.4 is 0 Å². The van der Waals surface area contributed by atoms with Crippen LogP contribution in [-0.4, -0.2) is 24.9 Å². The Morgan fingerprint density at radius 2 is 1.57 bits per heavy atom. The quantitative estimate of drug-likeness (QED) is 0.269. The molecule has 0 saturated heterocycles. The standard InChI is InChI=1S/C30H25N5/c1-4-25-32-24-12-9-19-14-17(7-10-20(19)27(24)33-25)18-8-11-21-23(15-18)26-22(6-5-13-31-26)29-28(21)34-30(35-29)16(2)3/h5-16H,4H2,1-3H3,(H,32,33)(H,34,35). The second kappa shape index (κ2) is 7.37. The highest BCUT2D eigenvalue weighted by molar-refractivity contribution is 6.22. The van der Waals surface area contributed by atoms with Crippen molar-refractivity contribution < 1.29 is 0 Å². The van der Waals surface area contributed by atoms with E-state index in [1.165, 1.54) is 21.9 Å². The third-order valence-corrected chi connectivity index (χ3v) is 7.06. The number of benzene rings is 4. The zero-order chi connectivity index (χ0) is 23.7. The molecule has 0 amide bonds. The summed E-state index contributed by atoms with van der Waals surface area (Å²) in [6, 6.07) is 21.8. The predicted octanol–water partition coefficient (Wildman–Crippen LogP) is 7.65. The number of aryl methyl sites for hydroxylation is 1. The Bertz CT molecular complexity index is 1920. The molecule has 0 bridgehead atoms. The molecule has 0 aliphatic carbocycles. The Kier molecular flexibility index (Phi) is 4.25. The van der Waals surface area contributed by atoms with Gasteiger partial charge in [-0.3, -0.25) is 4.98 Å². The predicted molar refractivity (Wildman–Crippen MR) is 145 cm³/mol. The van der Waals surface area contributed by atoms with Gasteiger partial charge in [-0.25, -0.2) is 9.97 Å². The minimum Gasteiger partial charge on any atom is -0.342 e. The van der Waals surface area contributed by atoms with Crippen molar-refractivity contribution in [3.05, 3.63) is 78.5 Å². The van der Waals surface area contributed by atoms with Gasteiger partial charge in [0, 0.05) is 40.1 Å². The van der Waals surface area contributed by atoms with Crippen LogP contribution in [0.15, 0.2) is 66.9 Å².